The van der Waals surface area contributed by atoms with Crippen LogP contribution in [0.1, 0.15) is 9.75 Å². The number of hydrogen-bond acceptors (Lipinski definition) is 3. The highest BCUT2D eigenvalue weighted by Gasteiger charge is 2.06. The summed E-state index contributed by atoms with van der Waals surface area (Å²) in [6, 6.07) is 7.98. The molecule has 0 unspecified atom stereocenters. The van der Waals surface area contributed by atoms with Gasteiger partial charge in [0.1, 0.15) is 0 Å². The fourth-order valence-corrected chi connectivity index (χ4v) is 2.68. The Kier molecular flexibility index (Phi) is 2.47. The number of aliphatic hydroxyl groups is 1. The third-order valence-corrected chi connectivity index (χ3v) is 3.51. The summed E-state index contributed by atoms with van der Waals surface area (Å²) in [4.78, 5) is 2.20. The smallest absolute Gasteiger partial charge is 0.0892 e. The maximum Gasteiger partial charge on any atom is 0.0892 e. The third-order valence-electron chi connectivity index (χ3n) is 1.70. The molecular weight excluding hydrogens is 200 g/mol. The molecule has 2 aromatic rings. The fourth-order valence-electron chi connectivity index (χ4n) is 1.11. The minimum atomic E-state index is 0.907. The zero-order chi connectivity index (χ0) is 9.10. The second-order valence-electron chi connectivity index (χ2n) is 2.50. The van der Waals surface area contributed by atoms with Crippen LogP contribution in [0, 0.1) is 0 Å². The minimum Gasteiger partial charge on any atom is -0.515 e. The Morgan fingerprint density at radius 3 is 1.92 bits per heavy atom. The first-order chi connectivity index (χ1) is 6.42. The van der Waals surface area contributed by atoms with Crippen molar-refractivity contribution in [3.05, 3.63) is 51.0 Å². The van der Waals surface area contributed by atoms with Crippen molar-refractivity contribution in [3.63, 3.8) is 0 Å². The second kappa shape index (κ2) is 3.77. The average Bonchev–Trinajstić information content (AvgIpc) is 2.76. The summed E-state index contributed by atoms with van der Waals surface area (Å²) in [6.45, 7) is 0. The van der Waals surface area contributed by atoms with E-state index >= 15 is 0 Å². The van der Waals surface area contributed by atoms with E-state index in [2.05, 4.69) is 0 Å². The molecule has 0 fully saturated rings. The summed E-state index contributed by atoms with van der Waals surface area (Å²) in [5.74, 6) is 0. The van der Waals surface area contributed by atoms with E-state index in [1.807, 2.05) is 35.0 Å². The van der Waals surface area contributed by atoms with Crippen LogP contribution in [0.5, 0.6) is 0 Å². The Balaban J connectivity index is 2.42. The molecule has 0 saturated carbocycles. The van der Waals surface area contributed by atoms with Crippen LogP contribution in [0.25, 0.3) is 5.57 Å². The SMILES string of the molecule is OC=C(c1cccs1)c1cccs1. The first-order valence-electron chi connectivity index (χ1n) is 3.84. The standard InChI is InChI=1S/C10H8OS2/c11-7-8(9-3-1-5-12-9)10-4-2-6-13-10/h1-7,11H. The van der Waals surface area contributed by atoms with Gasteiger partial charge in [-0.25, -0.2) is 0 Å². The number of hydrogen-bond donors (Lipinski definition) is 1. The summed E-state index contributed by atoms with van der Waals surface area (Å²) >= 11 is 3.26. The zero-order valence-electron chi connectivity index (χ0n) is 6.81. The molecule has 0 bridgehead atoms. The van der Waals surface area contributed by atoms with Gasteiger partial charge >= 0.3 is 0 Å². The van der Waals surface area contributed by atoms with Crippen molar-refractivity contribution in [1.29, 1.82) is 0 Å². The Labute approximate surface area is 84.6 Å². The van der Waals surface area contributed by atoms with Crippen molar-refractivity contribution in [2.24, 2.45) is 0 Å². The molecule has 2 heterocycles. The molecule has 0 aliphatic heterocycles. The lowest BCUT2D eigenvalue weighted by molar-refractivity contribution is 0.476. The van der Waals surface area contributed by atoms with Gasteiger partial charge in [-0.1, -0.05) is 12.1 Å². The topological polar surface area (TPSA) is 20.2 Å². The maximum atomic E-state index is 9.12. The summed E-state index contributed by atoms with van der Waals surface area (Å²) < 4.78 is 0. The maximum absolute atomic E-state index is 9.12. The van der Waals surface area contributed by atoms with Crippen LogP contribution in [-0.2, 0) is 0 Å². The molecule has 0 saturated heterocycles. The first-order valence-corrected chi connectivity index (χ1v) is 5.60. The van der Waals surface area contributed by atoms with Gasteiger partial charge in [0.05, 0.1) is 6.26 Å². The molecule has 0 aliphatic rings. The van der Waals surface area contributed by atoms with Crippen LogP contribution in [-0.4, -0.2) is 5.11 Å². The van der Waals surface area contributed by atoms with E-state index in [1.54, 1.807) is 22.7 Å². The summed E-state index contributed by atoms with van der Waals surface area (Å²) in [5, 5.41) is 13.1. The van der Waals surface area contributed by atoms with Gasteiger partial charge in [-0.2, -0.15) is 0 Å². The van der Waals surface area contributed by atoms with E-state index in [0.717, 1.165) is 15.3 Å². The van der Waals surface area contributed by atoms with Crippen LogP contribution >= 0.6 is 22.7 Å². The molecule has 2 aromatic heterocycles. The molecule has 0 radical (unpaired) electrons. The third kappa shape index (κ3) is 1.66. The quantitative estimate of drug-likeness (QED) is 0.745. The highest BCUT2D eigenvalue weighted by molar-refractivity contribution is 7.13. The van der Waals surface area contributed by atoms with E-state index in [-0.39, 0.29) is 0 Å². The molecule has 0 aromatic carbocycles. The van der Waals surface area contributed by atoms with Crippen LogP contribution in [0.4, 0.5) is 0 Å². The van der Waals surface area contributed by atoms with Crippen LogP contribution < -0.4 is 0 Å². The monoisotopic (exact) mass is 208 g/mol. The summed E-state index contributed by atoms with van der Waals surface area (Å²) in [5.41, 5.74) is 0.907. The zero-order valence-corrected chi connectivity index (χ0v) is 8.44. The van der Waals surface area contributed by atoms with Crippen molar-refractivity contribution >= 4 is 28.2 Å². The fraction of sp³-hybridized carbons (Fsp3) is 0. The Hall–Kier alpha value is -1.06. The molecule has 2 rings (SSSR count). The van der Waals surface area contributed by atoms with Crippen molar-refractivity contribution in [3.8, 4) is 0 Å². The van der Waals surface area contributed by atoms with Crippen molar-refractivity contribution in [2.75, 3.05) is 0 Å². The number of rotatable bonds is 2. The highest BCUT2D eigenvalue weighted by Crippen LogP contribution is 2.29. The Morgan fingerprint density at radius 1 is 1.08 bits per heavy atom. The first kappa shape index (κ1) is 8.53. The lowest BCUT2D eigenvalue weighted by Gasteiger charge is -1.98. The van der Waals surface area contributed by atoms with E-state index < -0.39 is 0 Å². The molecule has 1 N–H and O–H groups in total. The van der Waals surface area contributed by atoms with Crippen molar-refractivity contribution in [2.45, 2.75) is 0 Å². The van der Waals surface area contributed by atoms with Crippen LogP contribution in [0.15, 0.2) is 41.3 Å². The number of aliphatic hydroxyl groups excluding tert-OH is 1. The molecule has 13 heavy (non-hydrogen) atoms. The van der Waals surface area contributed by atoms with Gasteiger partial charge in [-0.05, 0) is 22.9 Å². The Bertz CT molecular complexity index is 348. The Morgan fingerprint density at radius 2 is 1.62 bits per heavy atom. The van der Waals surface area contributed by atoms with Gasteiger partial charge in [-0.15, -0.1) is 22.7 Å². The summed E-state index contributed by atoms with van der Waals surface area (Å²) in [6.07, 6.45) is 1.18. The van der Waals surface area contributed by atoms with Gasteiger partial charge in [0, 0.05) is 15.3 Å². The van der Waals surface area contributed by atoms with Gasteiger partial charge in [0.2, 0.25) is 0 Å². The van der Waals surface area contributed by atoms with Crippen molar-refractivity contribution < 1.29 is 5.11 Å². The van der Waals surface area contributed by atoms with Gasteiger partial charge in [0.15, 0.2) is 0 Å². The van der Waals surface area contributed by atoms with E-state index in [9.17, 15) is 0 Å². The molecule has 1 nitrogen and oxygen atoms in total. The molecule has 0 spiro atoms. The highest BCUT2D eigenvalue weighted by atomic mass is 32.1. The molecule has 66 valence electrons. The van der Waals surface area contributed by atoms with Crippen molar-refractivity contribution in [1.82, 2.24) is 0 Å². The largest absolute Gasteiger partial charge is 0.515 e. The molecular formula is C10H8OS2. The van der Waals surface area contributed by atoms with E-state index in [1.165, 1.54) is 6.26 Å². The van der Waals surface area contributed by atoms with E-state index in [0.29, 0.717) is 0 Å². The lowest BCUT2D eigenvalue weighted by atomic mass is 10.2. The lowest BCUT2D eigenvalue weighted by Crippen LogP contribution is -1.78. The van der Waals surface area contributed by atoms with E-state index in [4.69, 9.17) is 5.11 Å². The average molecular weight is 208 g/mol. The molecule has 0 aliphatic carbocycles. The predicted molar refractivity (Wildman–Crippen MR) is 58.3 cm³/mol. The molecule has 0 amide bonds. The van der Waals surface area contributed by atoms with Gasteiger partial charge in [-0.3, -0.25) is 0 Å². The number of thiophene rings is 2. The predicted octanol–water partition coefficient (Wildman–Crippen LogP) is 3.76. The summed E-state index contributed by atoms with van der Waals surface area (Å²) in [7, 11) is 0. The second-order valence-corrected chi connectivity index (χ2v) is 4.39. The van der Waals surface area contributed by atoms with Crippen LogP contribution in [0.2, 0.25) is 0 Å². The molecule has 3 heteroatoms. The normalized spacial score (nSPS) is 9.85. The minimum absolute atomic E-state index is 0.907. The molecule has 0 atom stereocenters. The van der Waals surface area contributed by atoms with Gasteiger partial charge in [0.25, 0.3) is 0 Å². The van der Waals surface area contributed by atoms with Crippen LogP contribution in [0.3, 0.4) is 0 Å². The van der Waals surface area contributed by atoms with Gasteiger partial charge < -0.3 is 5.11 Å².